The van der Waals surface area contributed by atoms with Crippen LogP contribution in [-0.2, 0) is 11.3 Å². The molecular weight excluding hydrogens is 304 g/mol. The van der Waals surface area contributed by atoms with Gasteiger partial charge in [0.2, 0.25) is 0 Å². The van der Waals surface area contributed by atoms with Crippen LogP contribution < -0.4 is 5.73 Å². The molecular formula is C15H21BrN2O. The molecule has 0 aromatic heterocycles. The van der Waals surface area contributed by atoms with Crippen LogP contribution in [0.25, 0.3) is 0 Å². The molecule has 0 radical (unpaired) electrons. The van der Waals surface area contributed by atoms with E-state index in [-0.39, 0.29) is 0 Å². The van der Waals surface area contributed by atoms with E-state index in [0.717, 1.165) is 29.9 Å². The fourth-order valence-electron chi connectivity index (χ4n) is 3.31. The second-order valence-electron chi connectivity index (χ2n) is 5.55. The van der Waals surface area contributed by atoms with Crippen molar-refractivity contribution >= 4 is 21.6 Å². The molecule has 0 bridgehead atoms. The van der Waals surface area contributed by atoms with Gasteiger partial charge in [-0.3, -0.25) is 4.90 Å². The fraction of sp³-hybridized carbons (Fsp3) is 0.600. The summed E-state index contributed by atoms with van der Waals surface area (Å²) in [6, 6.07) is 6.73. The highest BCUT2D eigenvalue weighted by atomic mass is 79.9. The Bertz CT molecular complexity index is 450. The van der Waals surface area contributed by atoms with Crippen LogP contribution in [0.2, 0.25) is 0 Å². The maximum Gasteiger partial charge on any atom is 0.0731 e. The summed E-state index contributed by atoms with van der Waals surface area (Å²) >= 11 is 3.61. The second kappa shape index (κ2) is 5.81. The van der Waals surface area contributed by atoms with Crippen LogP contribution in [0.5, 0.6) is 0 Å². The Morgan fingerprint density at radius 2 is 2.16 bits per heavy atom. The number of halogens is 1. The summed E-state index contributed by atoms with van der Waals surface area (Å²) < 4.78 is 6.98. The van der Waals surface area contributed by atoms with E-state index in [9.17, 15) is 0 Å². The normalized spacial score (nSPS) is 28.1. The van der Waals surface area contributed by atoms with Gasteiger partial charge in [0.15, 0.2) is 0 Å². The number of anilines is 1. The maximum absolute atomic E-state index is 5.97. The molecule has 1 aliphatic carbocycles. The van der Waals surface area contributed by atoms with Crippen LogP contribution in [0, 0.1) is 0 Å². The third kappa shape index (κ3) is 2.81. The number of nitrogens with zero attached hydrogens (tertiary/aromatic N) is 1. The van der Waals surface area contributed by atoms with E-state index in [1.807, 2.05) is 12.1 Å². The van der Waals surface area contributed by atoms with Crippen LogP contribution in [0.15, 0.2) is 22.7 Å². The van der Waals surface area contributed by atoms with E-state index >= 15 is 0 Å². The number of benzene rings is 1. The molecule has 1 aromatic carbocycles. The summed E-state index contributed by atoms with van der Waals surface area (Å²) in [6.45, 7) is 2.86. The Morgan fingerprint density at radius 3 is 3.05 bits per heavy atom. The highest BCUT2D eigenvalue weighted by Gasteiger charge is 2.34. The lowest BCUT2D eigenvalue weighted by molar-refractivity contribution is -0.0911. The first-order valence-electron chi connectivity index (χ1n) is 7.14. The van der Waals surface area contributed by atoms with Gasteiger partial charge in [0.1, 0.15) is 0 Å². The minimum absolute atomic E-state index is 0.447. The molecule has 2 N–H and O–H groups in total. The Kier molecular flexibility index (Phi) is 4.10. The number of ether oxygens (including phenoxy) is 1. The molecule has 3 rings (SSSR count). The van der Waals surface area contributed by atoms with Gasteiger partial charge in [-0.15, -0.1) is 0 Å². The van der Waals surface area contributed by atoms with Crippen molar-refractivity contribution in [1.29, 1.82) is 0 Å². The smallest absolute Gasteiger partial charge is 0.0731 e. The van der Waals surface area contributed by atoms with Gasteiger partial charge in [0, 0.05) is 29.3 Å². The Labute approximate surface area is 123 Å². The highest BCUT2D eigenvalue weighted by Crippen LogP contribution is 2.31. The van der Waals surface area contributed by atoms with Gasteiger partial charge >= 0.3 is 0 Å². The summed E-state index contributed by atoms with van der Waals surface area (Å²) in [6.07, 6.45) is 5.59. The molecule has 2 fully saturated rings. The van der Waals surface area contributed by atoms with Gasteiger partial charge in [-0.25, -0.2) is 0 Å². The molecule has 2 unspecified atom stereocenters. The summed E-state index contributed by atoms with van der Waals surface area (Å²) in [5.41, 5.74) is 8.08. The lowest BCUT2D eigenvalue weighted by Crippen LogP contribution is -2.52. The average molecular weight is 325 g/mol. The van der Waals surface area contributed by atoms with Gasteiger partial charge in [-0.1, -0.05) is 25.0 Å². The van der Waals surface area contributed by atoms with Gasteiger partial charge < -0.3 is 10.5 Å². The highest BCUT2D eigenvalue weighted by molar-refractivity contribution is 9.10. The number of hydrogen-bond acceptors (Lipinski definition) is 3. The van der Waals surface area contributed by atoms with Gasteiger partial charge in [0.25, 0.3) is 0 Å². The Balaban J connectivity index is 1.76. The van der Waals surface area contributed by atoms with Crippen molar-refractivity contribution in [3.63, 3.8) is 0 Å². The third-order valence-corrected chi connectivity index (χ3v) is 5.30. The van der Waals surface area contributed by atoms with Crippen LogP contribution in [0.3, 0.4) is 0 Å². The maximum atomic E-state index is 5.97. The molecule has 1 aromatic rings. The van der Waals surface area contributed by atoms with Crippen molar-refractivity contribution in [2.75, 3.05) is 18.9 Å². The first kappa shape index (κ1) is 13.4. The SMILES string of the molecule is Nc1cccc(CN2CCOC3CCCCC32)c1Br. The predicted octanol–water partition coefficient (Wildman–Crippen LogP) is 3.17. The number of nitrogen functional groups attached to an aromatic ring is 1. The largest absolute Gasteiger partial charge is 0.398 e. The predicted molar refractivity (Wildman–Crippen MR) is 81.0 cm³/mol. The first-order chi connectivity index (χ1) is 9.25. The van der Waals surface area contributed by atoms with E-state index in [1.165, 1.54) is 31.2 Å². The number of rotatable bonds is 2. The quantitative estimate of drug-likeness (QED) is 0.849. The molecule has 1 aliphatic heterocycles. The monoisotopic (exact) mass is 324 g/mol. The number of morpholine rings is 1. The van der Waals surface area contributed by atoms with Crippen molar-refractivity contribution in [3.8, 4) is 0 Å². The molecule has 1 saturated carbocycles. The zero-order chi connectivity index (χ0) is 13.2. The zero-order valence-electron chi connectivity index (χ0n) is 11.1. The molecule has 19 heavy (non-hydrogen) atoms. The second-order valence-corrected chi connectivity index (χ2v) is 6.34. The van der Waals surface area contributed by atoms with Crippen LogP contribution in [0.1, 0.15) is 31.2 Å². The van der Waals surface area contributed by atoms with Crippen molar-refractivity contribution in [2.24, 2.45) is 0 Å². The van der Waals surface area contributed by atoms with Crippen LogP contribution >= 0.6 is 15.9 Å². The summed E-state index contributed by atoms with van der Waals surface area (Å²) in [7, 11) is 0. The molecule has 2 aliphatic rings. The molecule has 0 spiro atoms. The summed E-state index contributed by atoms with van der Waals surface area (Å²) in [5.74, 6) is 0. The third-order valence-electron chi connectivity index (χ3n) is 4.33. The first-order valence-corrected chi connectivity index (χ1v) is 7.93. The van der Waals surface area contributed by atoms with Crippen LogP contribution in [0.4, 0.5) is 5.69 Å². The number of hydrogen-bond donors (Lipinski definition) is 1. The van der Waals surface area contributed by atoms with E-state index in [0.29, 0.717) is 12.1 Å². The van der Waals surface area contributed by atoms with Crippen molar-refractivity contribution in [2.45, 2.75) is 44.4 Å². The fourth-order valence-corrected chi connectivity index (χ4v) is 3.70. The minimum atomic E-state index is 0.447. The molecule has 0 amide bonds. The Morgan fingerprint density at radius 1 is 1.32 bits per heavy atom. The van der Waals surface area contributed by atoms with E-state index < -0.39 is 0 Å². The van der Waals surface area contributed by atoms with Gasteiger partial charge in [-0.05, 0) is 40.4 Å². The Hall–Kier alpha value is -0.580. The molecule has 1 heterocycles. The molecule has 1 saturated heterocycles. The summed E-state index contributed by atoms with van der Waals surface area (Å²) in [4.78, 5) is 2.58. The van der Waals surface area contributed by atoms with E-state index in [4.69, 9.17) is 10.5 Å². The topological polar surface area (TPSA) is 38.5 Å². The molecule has 2 atom stereocenters. The van der Waals surface area contributed by atoms with Crippen LogP contribution in [-0.4, -0.2) is 30.2 Å². The average Bonchev–Trinajstić information content (AvgIpc) is 2.44. The van der Waals surface area contributed by atoms with Crippen molar-refractivity contribution in [1.82, 2.24) is 4.90 Å². The lowest BCUT2D eigenvalue weighted by atomic mass is 9.90. The summed E-state index contributed by atoms with van der Waals surface area (Å²) in [5, 5.41) is 0. The molecule has 3 nitrogen and oxygen atoms in total. The van der Waals surface area contributed by atoms with E-state index in [1.54, 1.807) is 0 Å². The van der Waals surface area contributed by atoms with Gasteiger partial charge in [-0.2, -0.15) is 0 Å². The van der Waals surface area contributed by atoms with Gasteiger partial charge in [0.05, 0.1) is 12.7 Å². The van der Waals surface area contributed by atoms with Crippen molar-refractivity contribution in [3.05, 3.63) is 28.2 Å². The lowest BCUT2D eigenvalue weighted by Gasteiger charge is -2.44. The number of fused-ring (bicyclic) bond motifs is 1. The standard InChI is InChI=1S/C15H21BrN2O/c16-15-11(4-3-5-12(15)17)10-18-8-9-19-14-7-2-1-6-13(14)18/h3-5,13-14H,1-2,6-10,17H2. The van der Waals surface area contributed by atoms with E-state index in [2.05, 4.69) is 26.9 Å². The zero-order valence-corrected chi connectivity index (χ0v) is 12.7. The number of nitrogens with two attached hydrogens (primary N) is 1. The minimum Gasteiger partial charge on any atom is -0.398 e. The van der Waals surface area contributed by atoms with Crippen molar-refractivity contribution < 1.29 is 4.74 Å². The molecule has 104 valence electrons. The molecule has 4 heteroatoms.